The van der Waals surface area contributed by atoms with Crippen molar-refractivity contribution in [1.82, 2.24) is 19.6 Å². The second kappa shape index (κ2) is 8.93. The van der Waals surface area contributed by atoms with Crippen molar-refractivity contribution in [2.45, 2.75) is 20.0 Å². The number of carbonyl (C=O) groups is 2. The van der Waals surface area contributed by atoms with Gasteiger partial charge in [-0.2, -0.15) is 22.7 Å². The highest BCUT2D eigenvalue weighted by molar-refractivity contribution is 6.02. The molecule has 0 fully saturated rings. The number of hydrogen-bond acceptors (Lipinski definition) is 6. The van der Waals surface area contributed by atoms with Gasteiger partial charge in [0.15, 0.2) is 5.69 Å². The second-order valence-corrected chi connectivity index (χ2v) is 7.29. The maximum atomic E-state index is 13.8. The first kappa shape index (κ1) is 22.9. The molecule has 0 aliphatic rings. The minimum Gasteiger partial charge on any atom is -0.462 e. The number of fused-ring (bicyclic) bond motifs is 1. The molecule has 0 aliphatic heterocycles. The number of alkyl halides is 3. The number of anilines is 1. The normalized spacial score (nSPS) is 11.4. The zero-order valence-electron chi connectivity index (χ0n) is 18.1. The fraction of sp³-hybridized carbons (Fsp3) is 0.174. The summed E-state index contributed by atoms with van der Waals surface area (Å²) in [6.45, 7) is 3.69. The molecule has 0 aliphatic carbocycles. The van der Waals surface area contributed by atoms with Gasteiger partial charge in [0.1, 0.15) is 0 Å². The Morgan fingerprint density at radius 3 is 2.47 bits per heavy atom. The van der Waals surface area contributed by atoms with Gasteiger partial charge in [-0.3, -0.25) is 4.79 Å². The molecule has 11 heteroatoms. The average molecular weight is 469 g/mol. The van der Waals surface area contributed by atoms with Crippen LogP contribution in [-0.2, 0) is 10.9 Å². The van der Waals surface area contributed by atoms with Crippen molar-refractivity contribution in [2.75, 3.05) is 11.9 Å². The lowest BCUT2D eigenvalue weighted by Gasteiger charge is -2.10. The number of esters is 1. The largest absolute Gasteiger partial charge is 0.462 e. The molecule has 4 rings (SSSR count). The molecule has 174 valence electrons. The molecular formula is C23H18F3N5O3. The molecule has 1 N–H and O–H groups in total. The fourth-order valence-corrected chi connectivity index (χ4v) is 3.16. The van der Waals surface area contributed by atoms with Crippen molar-refractivity contribution in [1.29, 1.82) is 0 Å². The van der Waals surface area contributed by atoms with Crippen LogP contribution in [0.25, 0.3) is 17.0 Å². The smallest absolute Gasteiger partial charge is 0.433 e. The van der Waals surface area contributed by atoms with Gasteiger partial charge in [-0.05, 0) is 38.1 Å². The number of carbonyl (C=O) groups excluding carboxylic acids is 2. The van der Waals surface area contributed by atoms with E-state index in [0.717, 1.165) is 11.6 Å². The molecule has 2 heterocycles. The van der Waals surface area contributed by atoms with Gasteiger partial charge >= 0.3 is 12.1 Å². The zero-order chi connectivity index (χ0) is 24.5. The van der Waals surface area contributed by atoms with Crippen molar-refractivity contribution in [3.63, 3.8) is 0 Å². The number of aromatic nitrogens is 4. The Morgan fingerprint density at radius 1 is 1.06 bits per heavy atom. The van der Waals surface area contributed by atoms with E-state index in [-0.39, 0.29) is 29.3 Å². The average Bonchev–Trinajstić information content (AvgIpc) is 3.23. The summed E-state index contributed by atoms with van der Waals surface area (Å²) in [7, 11) is 0. The van der Waals surface area contributed by atoms with Crippen LogP contribution in [0.15, 0.2) is 54.6 Å². The van der Waals surface area contributed by atoms with E-state index in [9.17, 15) is 22.8 Å². The van der Waals surface area contributed by atoms with E-state index >= 15 is 0 Å². The zero-order valence-corrected chi connectivity index (χ0v) is 18.1. The lowest BCUT2D eigenvalue weighted by atomic mass is 10.1. The molecule has 0 unspecified atom stereocenters. The van der Waals surface area contributed by atoms with Crippen molar-refractivity contribution in [3.05, 3.63) is 77.2 Å². The van der Waals surface area contributed by atoms with E-state index in [2.05, 4.69) is 20.4 Å². The monoisotopic (exact) mass is 469 g/mol. The summed E-state index contributed by atoms with van der Waals surface area (Å²) in [6, 6.07) is 13.6. The van der Waals surface area contributed by atoms with Gasteiger partial charge < -0.3 is 10.1 Å². The first-order valence-electron chi connectivity index (χ1n) is 10.2. The van der Waals surface area contributed by atoms with Crippen LogP contribution in [0.4, 0.5) is 18.9 Å². The fourth-order valence-electron chi connectivity index (χ4n) is 3.16. The van der Waals surface area contributed by atoms with Crippen LogP contribution < -0.4 is 5.32 Å². The number of aryl methyl sites for hydroxylation is 1. The summed E-state index contributed by atoms with van der Waals surface area (Å²) < 4.78 is 46.7. The van der Waals surface area contributed by atoms with E-state index in [1.807, 2.05) is 6.92 Å². The number of amides is 1. The standard InChI is InChI=1S/C23H18F3N5O3/c1-3-34-21(33)15-5-4-6-16(11-15)27-20(32)19-29-22-28-17(14-9-7-13(2)8-10-14)12-18(23(24,25)26)31(22)30-19/h4-12H,3H2,1-2H3,(H,27,32). The van der Waals surface area contributed by atoms with Crippen LogP contribution in [0.2, 0.25) is 0 Å². The molecule has 4 aromatic rings. The first-order chi connectivity index (χ1) is 16.2. The van der Waals surface area contributed by atoms with Gasteiger partial charge in [-0.15, -0.1) is 5.10 Å². The molecule has 0 spiro atoms. The third-order valence-corrected chi connectivity index (χ3v) is 4.78. The maximum Gasteiger partial charge on any atom is 0.433 e. The second-order valence-electron chi connectivity index (χ2n) is 7.29. The molecule has 1 amide bonds. The Kier molecular flexibility index (Phi) is 6.01. The predicted molar refractivity (Wildman–Crippen MR) is 116 cm³/mol. The highest BCUT2D eigenvalue weighted by Crippen LogP contribution is 2.32. The van der Waals surface area contributed by atoms with Gasteiger partial charge in [0.2, 0.25) is 5.82 Å². The molecule has 34 heavy (non-hydrogen) atoms. The highest BCUT2D eigenvalue weighted by atomic mass is 19.4. The highest BCUT2D eigenvalue weighted by Gasteiger charge is 2.36. The topological polar surface area (TPSA) is 98.5 Å². The molecule has 0 saturated heterocycles. The van der Waals surface area contributed by atoms with Crippen LogP contribution in [-0.4, -0.2) is 38.1 Å². The Bertz CT molecular complexity index is 1380. The summed E-state index contributed by atoms with van der Waals surface area (Å²) in [4.78, 5) is 32.6. The third kappa shape index (κ3) is 4.72. The Balaban J connectivity index is 1.70. The first-order valence-corrected chi connectivity index (χ1v) is 10.2. The summed E-state index contributed by atoms with van der Waals surface area (Å²) in [5.74, 6) is -2.33. The van der Waals surface area contributed by atoms with E-state index in [4.69, 9.17) is 4.74 Å². The minimum absolute atomic E-state index is 0.0429. The molecule has 2 aromatic carbocycles. The van der Waals surface area contributed by atoms with Crippen LogP contribution in [0.3, 0.4) is 0 Å². The molecule has 2 aromatic heterocycles. The van der Waals surface area contributed by atoms with E-state index in [1.54, 1.807) is 31.2 Å². The number of nitrogens with zero attached hydrogens (tertiary/aromatic N) is 4. The van der Waals surface area contributed by atoms with Gasteiger partial charge in [0.05, 0.1) is 17.9 Å². The number of halogens is 3. The van der Waals surface area contributed by atoms with Crippen LogP contribution >= 0.6 is 0 Å². The quantitative estimate of drug-likeness (QED) is 0.431. The van der Waals surface area contributed by atoms with Crippen LogP contribution in [0.5, 0.6) is 0 Å². The van der Waals surface area contributed by atoms with Crippen LogP contribution in [0, 0.1) is 6.92 Å². The van der Waals surface area contributed by atoms with Gasteiger partial charge in [-0.1, -0.05) is 35.9 Å². The molecule has 0 radical (unpaired) electrons. The van der Waals surface area contributed by atoms with E-state index < -0.39 is 29.6 Å². The lowest BCUT2D eigenvalue weighted by molar-refractivity contribution is -0.142. The Morgan fingerprint density at radius 2 is 1.79 bits per heavy atom. The Hall–Kier alpha value is -4.28. The number of hydrogen-bond donors (Lipinski definition) is 1. The summed E-state index contributed by atoms with van der Waals surface area (Å²) in [6.07, 6.45) is -4.77. The minimum atomic E-state index is -4.77. The SMILES string of the molecule is CCOC(=O)c1cccc(NC(=O)c2nc3nc(-c4ccc(C)cc4)cc(C(F)(F)F)n3n2)c1. The summed E-state index contributed by atoms with van der Waals surface area (Å²) in [5, 5.41) is 6.20. The molecule has 0 bridgehead atoms. The number of rotatable bonds is 5. The third-order valence-electron chi connectivity index (χ3n) is 4.78. The van der Waals surface area contributed by atoms with Crippen molar-refractivity contribution in [2.24, 2.45) is 0 Å². The Labute approximate surface area is 191 Å². The van der Waals surface area contributed by atoms with Gasteiger partial charge in [0, 0.05) is 11.3 Å². The molecule has 0 saturated carbocycles. The van der Waals surface area contributed by atoms with Crippen molar-refractivity contribution in [3.8, 4) is 11.3 Å². The van der Waals surface area contributed by atoms with Gasteiger partial charge in [-0.25, -0.2) is 9.78 Å². The molecular weight excluding hydrogens is 451 g/mol. The van der Waals surface area contributed by atoms with Gasteiger partial charge in [0.25, 0.3) is 11.7 Å². The summed E-state index contributed by atoms with van der Waals surface area (Å²) in [5.41, 5.74) is 0.744. The number of benzene rings is 2. The number of nitrogens with one attached hydrogen (secondary N) is 1. The molecule has 8 nitrogen and oxygen atoms in total. The molecule has 0 atom stereocenters. The number of ether oxygens (including phenoxy) is 1. The van der Waals surface area contributed by atoms with E-state index in [0.29, 0.717) is 10.1 Å². The summed E-state index contributed by atoms with van der Waals surface area (Å²) >= 11 is 0. The van der Waals surface area contributed by atoms with Crippen molar-refractivity contribution < 1.29 is 27.5 Å². The lowest BCUT2D eigenvalue weighted by Crippen LogP contribution is -2.16. The van der Waals surface area contributed by atoms with Crippen molar-refractivity contribution >= 4 is 23.3 Å². The van der Waals surface area contributed by atoms with Crippen LogP contribution in [0.1, 0.15) is 39.2 Å². The maximum absolute atomic E-state index is 13.8. The predicted octanol–water partition coefficient (Wildman–Crippen LogP) is 4.55. The van der Waals surface area contributed by atoms with E-state index in [1.165, 1.54) is 24.3 Å².